The van der Waals surface area contributed by atoms with E-state index in [1.165, 1.54) is 0 Å². The lowest BCUT2D eigenvalue weighted by Crippen LogP contribution is -2.15. The Kier molecular flexibility index (Phi) is 5.86. The zero-order valence-electron chi connectivity index (χ0n) is 13.0. The third kappa shape index (κ3) is 4.39. The van der Waals surface area contributed by atoms with Crippen LogP contribution in [0.25, 0.3) is 10.9 Å². The highest BCUT2D eigenvalue weighted by Gasteiger charge is 2.18. The SMILES string of the molecule is C/C=C(/C=O)[C@@H](CC=O)CC(=O)OCc1cc2ccccc2[nH]1. The highest BCUT2D eigenvalue weighted by atomic mass is 16.5. The number of para-hydroxylation sites is 1. The fourth-order valence-electron chi connectivity index (χ4n) is 2.48. The first-order valence-corrected chi connectivity index (χ1v) is 7.45. The lowest BCUT2D eigenvalue weighted by atomic mass is 9.93. The van der Waals surface area contributed by atoms with Gasteiger partial charge in [0.1, 0.15) is 19.2 Å². The summed E-state index contributed by atoms with van der Waals surface area (Å²) in [5.41, 5.74) is 2.22. The van der Waals surface area contributed by atoms with Crippen molar-refractivity contribution in [2.24, 2.45) is 5.92 Å². The molecule has 0 bridgehead atoms. The number of aromatic nitrogens is 1. The highest BCUT2D eigenvalue weighted by molar-refractivity contribution is 5.80. The van der Waals surface area contributed by atoms with Gasteiger partial charge in [-0.05, 0) is 30.0 Å². The van der Waals surface area contributed by atoms with Crippen molar-refractivity contribution in [2.45, 2.75) is 26.4 Å². The molecule has 0 spiro atoms. The molecule has 5 nitrogen and oxygen atoms in total. The van der Waals surface area contributed by atoms with Gasteiger partial charge in [-0.1, -0.05) is 24.3 Å². The number of allylic oxidation sites excluding steroid dienone is 2. The maximum absolute atomic E-state index is 12.0. The number of hydrogen-bond acceptors (Lipinski definition) is 4. The zero-order chi connectivity index (χ0) is 16.7. The van der Waals surface area contributed by atoms with Crippen LogP contribution in [0.15, 0.2) is 42.0 Å². The average Bonchev–Trinajstić information content (AvgIpc) is 2.97. The van der Waals surface area contributed by atoms with Crippen LogP contribution in [0.2, 0.25) is 0 Å². The van der Waals surface area contributed by atoms with Gasteiger partial charge in [0, 0.05) is 17.9 Å². The first-order valence-electron chi connectivity index (χ1n) is 7.45. The van der Waals surface area contributed by atoms with Gasteiger partial charge in [0.2, 0.25) is 0 Å². The number of fused-ring (bicyclic) bond motifs is 1. The van der Waals surface area contributed by atoms with Gasteiger partial charge in [0.05, 0.1) is 12.1 Å². The molecule has 2 rings (SSSR count). The molecule has 23 heavy (non-hydrogen) atoms. The quantitative estimate of drug-likeness (QED) is 0.462. The van der Waals surface area contributed by atoms with Crippen molar-refractivity contribution in [3.8, 4) is 0 Å². The number of benzene rings is 1. The van der Waals surface area contributed by atoms with Crippen LogP contribution in [0.1, 0.15) is 25.5 Å². The summed E-state index contributed by atoms with van der Waals surface area (Å²) in [6.45, 7) is 1.84. The molecule has 0 radical (unpaired) electrons. The maximum atomic E-state index is 12.0. The molecule has 120 valence electrons. The first kappa shape index (κ1) is 16.7. The van der Waals surface area contributed by atoms with Crippen LogP contribution in [-0.2, 0) is 25.7 Å². The van der Waals surface area contributed by atoms with Crippen LogP contribution in [0.5, 0.6) is 0 Å². The van der Waals surface area contributed by atoms with Gasteiger partial charge in [-0.25, -0.2) is 0 Å². The van der Waals surface area contributed by atoms with Crippen LogP contribution in [-0.4, -0.2) is 23.5 Å². The molecule has 1 N–H and O–H groups in total. The standard InChI is InChI=1S/C18H19NO4/c1-2-13(11-21)14(7-8-20)10-18(22)23-12-16-9-15-5-3-4-6-17(15)19-16/h2-6,8-9,11,14,19H,7,10,12H2,1H3/b13-2-/t14-/m0/s1. The fraction of sp³-hybridized carbons (Fsp3) is 0.278. The average molecular weight is 313 g/mol. The van der Waals surface area contributed by atoms with Crippen molar-refractivity contribution < 1.29 is 19.1 Å². The Morgan fingerprint density at radius 2 is 2.09 bits per heavy atom. The number of aromatic amines is 1. The highest BCUT2D eigenvalue weighted by Crippen LogP contribution is 2.19. The number of aldehydes is 2. The van der Waals surface area contributed by atoms with E-state index < -0.39 is 11.9 Å². The number of carbonyl (C=O) groups excluding carboxylic acids is 3. The first-order chi connectivity index (χ1) is 11.2. The van der Waals surface area contributed by atoms with Gasteiger partial charge in [0.15, 0.2) is 0 Å². The third-order valence-corrected chi connectivity index (χ3v) is 3.71. The second-order valence-corrected chi connectivity index (χ2v) is 5.25. The van der Waals surface area contributed by atoms with Gasteiger partial charge in [0.25, 0.3) is 0 Å². The summed E-state index contributed by atoms with van der Waals surface area (Å²) >= 11 is 0. The van der Waals surface area contributed by atoms with Gasteiger partial charge >= 0.3 is 5.97 Å². The van der Waals surface area contributed by atoms with E-state index in [1.807, 2.05) is 30.3 Å². The van der Waals surface area contributed by atoms with Gasteiger partial charge in [-0.15, -0.1) is 0 Å². The Balaban J connectivity index is 1.95. The largest absolute Gasteiger partial charge is 0.459 e. The number of hydrogen-bond donors (Lipinski definition) is 1. The molecule has 0 aliphatic carbocycles. The minimum Gasteiger partial charge on any atom is -0.459 e. The van der Waals surface area contributed by atoms with E-state index in [9.17, 15) is 14.4 Å². The second kappa shape index (κ2) is 8.08. The van der Waals surface area contributed by atoms with E-state index in [2.05, 4.69) is 4.98 Å². The molecule has 0 fully saturated rings. The van der Waals surface area contributed by atoms with Gasteiger partial charge in [-0.2, -0.15) is 0 Å². The molecule has 0 aliphatic heterocycles. The molecule has 1 aromatic heterocycles. The van der Waals surface area contributed by atoms with Gasteiger partial charge in [-0.3, -0.25) is 9.59 Å². The smallest absolute Gasteiger partial charge is 0.306 e. The number of carbonyl (C=O) groups is 3. The molecule has 2 aromatic rings. The molecule has 0 saturated heterocycles. The van der Waals surface area contributed by atoms with Crippen molar-refractivity contribution in [1.29, 1.82) is 0 Å². The van der Waals surface area contributed by atoms with Crippen molar-refractivity contribution in [3.05, 3.63) is 47.7 Å². The minimum absolute atomic E-state index is 0.0113. The monoisotopic (exact) mass is 313 g/mol. The van der Waals surface area contributed by atoms with E-state index in [4.69, 9.17) is 4.74 Å². The predicted octanol–water partition coefficient (Wildman–Crippen LogP) is 2.95. The number of ether oxygens (including phenoxy) is 1. The Morgan fingerprint density at radius 1 is 1.30 bits per heavy atom. The van der Waals surface area contributed by atoms with Gasteiger partial charge < -0.3 is 14.5 Å². The molecule has 1 atom stereocenters. The van der Waals surface area contributed by atoms with Crippen LogP contribution in [0, 0.1) is 5.92 Å². The Bertz CT molecular complexity index is 696. The number of esters is 1. The summed E-state index contributed by atoms with van der Waals surface area (Å²) in [5.74, 6) is -0.859. The number of H-pyrrole nitrogens is 1. The molecule has 1 aromatic carbocycles. The maximum Gasteiger partial charge on any atom is 0.306 e. The molecular weight excluding hydrogens is 294 g/mol. The summed E-state index contributed by atoms with van der Waals surface area (Å²) < 4.78 is 5.24. The Hall–Kier alpha value is -2.69. The second-order valence-electron chi connectivity index (χ2n) is 5.25. The summed E-state index contributed by atoms with van der Waals surface area (Å²) in [6, 6.07) is 9.71. The van der Waals surface area contributed by atoms with E-state index in [0.717, 1.165) is 16.6 Å². The number of nitrogens with one attached hydrogen (secondary N) is 1. The Labute approximate surface area is 134 Å². The fourth-order valence-corrected chi connectivity index (χ4v) is 2.48. The molecule has 1 heterocycles. The van der Waals surface area contributed by atoms with E-state index in [1.54, 1.807) is 13.0 Å². The van der Waals surface area contributed by atoms with Crippen LogP contribution < -0.4 is 0 Å². The van der Waals surface area contributed by atoms with Crippen LogP contribution in [0.4, 0.5) is 0 Å². The Morgan fingerprint density at radius 3 is 2.74 bits per heavy atom. The lowest BCUT2D eigenvalue weighted by molar-refractivity contribution is -0.145. The third-order valence-electron chi connectivity index (χ3n) is 3.71. The van der Waals surface area contributed by atoms with Crippen molar-refractivity contribution in [1.82, 2.24) is 4.98 Å². The van der Waals surface area contributed by atoms with Crippen LogP contribution >= 0.6 is 0 Å². The summed E-state index contributed by atoms with van der Waals surface area (Å²) in [4.78, 5) is 36.8. The normalized spacial score (nSPS) is 12.8. The van der Waals surface area contributed by atoms with Crippen molar-refractivity contribution in [2.75, 3.05) is 0 Å². The molecule has 0 saturated carbocycles. The summed E-state index contributed by atoms with van der Waals surface area (Å²) in [7, 11) is 0. The topological polar surface area (TPSA) is 76.2 Å². The zero-order valence-corrected chi connectivity index (χ0v) is 13.0. The van der Waals surface area contributed by atoms with E-state index in [0.29, 0.717) is 18.1 Å². The van der Waals surface area contributed by atoms with Crippen LogP contribution in [0.3, 0.4) is 0 Å². The van der Waals surface area contributed by atoms with E-state index >= 15 is 0 Å². The minimum atomic E-state index is -0.434. The predicted molar refractivity (Wildman–Crippen MR) is 86.7 cm³/mol. The molecule has 0 aliphatic rings. The summed E-state index contributed by atoms with van der Waals surface area (Å²) in [5, 5.41) is 1.05. The summed E-state index contributed by atoms with van der Waals surface area (Å²) in [6.07, 6.45) is 3.14. The van der Waals surface area contributed by atoms with E-state index in [-0.39, 0.29) is 19.4 Å². The lowest BCUT2D eigenvalue weighted by Gasteiger charge is -2.13. The molecule has 5 heteroatoms. The number of rotatable bonds is 8. The molecule has 0 unspecified atom stereocenters. The van der Waals surface area contributed by atoms with Crippen molar-refractivity contribution in [3.63, 3.8) is 0 Å². The molecule has 0 amide bonds. The van der Waals surface area contributed by atoms with Crippen molar-refractivity contribution >= 4 is 29.4 Å². The molecular formula is C18H19NO4.